The zero-order valence-electron chi connectivity index (χ0n) is 14.2. The minimum Gasteiger partial charge on any atom is -0.491 e. The summed E-state index contributed by atoms with van der Waals surface area (Å²) in [5, 5.41) is 11.9. The molecule has 0 fully saturated rings. The van der Waals surface area contributed by atoms with Crippen molar-refractivity contribution >= 4 is 29.3 Å². The van der Waals surface area contributed by atoms with Gasteiger partial charge < -0.3 is 14.8 Å². The Hall–Kier alpha value is -3.04. The van der Waals surface area contributed by atoms with Gasteiger partial charge in [0.15, 0.2) is 11.5 Å². The number of ether oxygens (including phenoxy) is 2. The van der Waals surface area contributed by atoms with Gasteiger partial charge in [-0.05, 0) is 42.8 Å². The molecule has 7 heteroatoms. The summed E-state index contributed by atoms with van der Waals surface area (Å²) in [5.41, 5.74) is 0.248. The molecule has 0 saturated heterocycles. The average Bonchev–Trinajstić information content (AvgIpc) is 2.61. The summed E-state index contributed by atoms with van der Waals surface area (Å²) in [6.07, 6.45) is 1.34. The maximum absolute atomic E-state index is 13.7. The minimum atomic E-state index is -0.734. The standard InChI is InChI=1S/C19H16ClFN2O3/c1-3-26-17-10-12(9-14(20)18(17)25-2)8-13(11-22)19(24)23-16-7-5-4-6-15(16)21/h4-10H,3H2,1-2H3,(H,23,24)/b13-8-. The Bertz CT molecular complexity index is 891. The van der Waals surface area contributed by atoms with Gasteiger partial charge in [-0.2, -0.15) is 5.26 Å². The highest BCUT2D eigenvalue weighted by atomic mass is 35.5. The number of benzene rings is 2. The number of halogens is 2. The highest BCUT2D eigenvalue weighted by Gasteiger charge is 2.14. The van der Waals surface area contributed by atoms with E-state index in [-0.39, 0.29) is 16.3 Å². The molecule has 0 atom stereocenters. The number of rotatable bonds is 6. The first-order valence-electron chi connectivity index (χ1n) is 7.68. The number of nitrogens with zero attached hydrogens (tertiary/aromatic N) is 1. The monoisotopic (exact) mass is 374 g/mol. The summed E-state index contributed by atoms with van der Waals surface area (Å²) in [4.78, 5) is 12.3. The molecule has 26 heavy (non-hydrogen) atoms. The van der Waals surface area contributed by atoms with Gasteiger partial charge >= 0.3 is 0 Å². The normalized spacial score (nSPS) is 10.8. The van der Waals surface area contributed by atoms with Crippen molar-refractivity contribution in [2.24, 2.45) is 0 Å². The summed E-state index contributed by atoms with van der Waals surface area (Å²) in [6, 6.07) is 10.6. The molecule has 5 nitrogen and oxygen atoms in total. The molecule has 0 unspecified atom stereocenters. The van der Waals surface area contributed by atoms with Crippen LogP contribution in [0.1, 0.15) is 12.5 Å². The average molecular weight is 375 g/mol. The molecule has 0 bridgehead atoms. The molecule has 0 saturated carbocycles. The van der Waals surface area contributed by atoms with E-state index in [0.29, 0.717) is 23.7 Å². The van der Waals surface area contributed by atoms with E-state index in [9.17, 15) is 14.4 Å². The first-order valence-corrected chi connectivity index (χ1v) is 8.06. The first kappa shape index (κ1) is 19.3. The van der Waals surface area contributed by atoms with E-state index in [4.69, 9.17) is 21.1 Å². The van der Waals surface area contributed by atoms with Crippen LogP contribution in [0, 0.1) is 17.1 Å². The number of carbonyl (C=O) groups is 1. The Morgan fingerprint density at radius 1 is 1.38 bits per heavy atom. The highest BCUT2D eigenvalue weighted by molar-refractivity contribution is 6.32. The van der Waals surface area contributed by atoms with Gasteiger partial charge in [0, 0.05) is 0 Å². The van der Waals surface area contributed by atoms with Gasteiger partial charge in [-0.15, -0.1) is 0 Å². The van der Waals surface area contributed by atoms with Crippen LogP contribution in [0.4, 0.5) is 10.1 Å². The van der Waals surface area contributed by atoms with Crippen LogP contribution in [0.5, 0.6) is 11.5 Å². The van der Waals surface area contributed by atoms with E-state index in [1.807, 2.05) is 0 Å². The fourth-order valence-electron chi connectivity index (χ4n) is 2.20. The molecule has 1 N–H and O–H groups in total. The van der Waals surface area contributed by atoms with Crippen LogP contribution in [-0.2, 0) is 4.79 Å². The third-order valence-electron chi connectivity index (χ3n) is 3.33. The number of carbonyl (C=O) groups excluding carboxylic acids is 1. The Labute approximate surface area is 155 Å². The predicted octanol–water partition coefficient (Wildman–Crippen LogP) is 4.43. The summed E-state index contributed by atoms with van der Waals surface area (Å²) in [7, 11) is 1.46. The van der Waals surface area contributed by atoms with Crippen LogP contribution in [0.15, 0.2) is 42.0 Å². The number of nitrogens with one attached hydrogen (secondary N) is 1. The lowest BCUT2D eigenvalue weighted by atomic mass is 10.1. The summed E-state index contributed by atoms with van der Waals surface area (Å²) < 4.78 is 24.3. The van der Waals surface area contributed by atoms with Gasteiger partial charge in [-0.25, -0.2) is 4.39 Å². The first-order chi connectivity index (χ1) is 12.5. The molecule has 0 aromatic heterocycles. The zero-order chi connectivity index (χ0) is 19.1. The molecular weight excluding hydrogens is 359 g/mol. The summed E-state index contributed by atoms with van der Waals surface area (Å²) in [6.45, 7) is 2.19. The fourth-order valence-corrected chi connectivity index (χ4v) is 2.50. The van der Waals surface area contributed by atoms with Crippen LogP contribution in [0.2, 0.25) is 5.02 Å². The molecule has 0 heterocycles. The highest BCUT2D eigenvalue weighted by Crippen LogP contribution is 2.36. The molecule has 0 aliphatic carbocycles. The number of hydrogen-bond acceptors (Lipinski definition) is 4. The van der Waals surface area contributed by atoms with Gasteiger partial charge in [-0.3, -0.25) is 4.79 Å². The number of nitriles is 1. The SMILES string of the molecule is CCOc1cc(/C=C(/C#N)C(=O)Nc2ccccc2F)cc(Cl)c1OC. The number of anilines is 1. The lowest BCUT2D eigenvalue weighted by Gasteiger charge is -2.12. The molecule has 0 aliphatic heterocycles. The van der Waals surface area contributed by atoms with Crippen LogP contribution in [0.25, 0.3) is 6.08 Å². The number of amides is 1. The second-order valence-corrected chi connectivity index (χ2v) is 5.48. The Morgan fingerprint density at radius 2 is 2.12 bits per heavy atom. The largest absolute Gasteiger partial charge is 0.491 e. The smallest absolute Gasteiger partial charge is 0.266 e. The van der Waals surface area contributed by atoms with Gasteiger partial charge in [0.25, 0.3) is 5.91 Å². The molecule has 2 rings (SSSR count). The van der Waals surface area contributed by atoms with Crippen molar-refractivity contribution in [2.75, 3.05) is 19.0 Å². The molecule has 134 valence electrons. The molecule has 1 amide bonds. The van der Waals surface area contributed by atoms with Gasteiger partial charge in [-0.1, -0.05) is 23.7 Å². The molecule has 0 aliphatic rings. The molecule has 0 spiro atoms. The van der Waals surface area contributed by atoms with Crippen LogP contribution in [-0.4, -0.2) is 19.6 Å². The Kier molecular flexibility index (Phi) is 6.59. The summed E-state index contributed by atoms with van der Waals surface area (Å²) in [5.74, 6) is -0.577. The molecule has 0 radical (unpaired) electrons. The van der Waals surface area contributed by atoms with E-state index in [2.05, 4.69) is 5.32 Å². The van der Waals surface area contributed by atoms with Crippen molar-refractivity contribution in [3.63, 3.8) is 0 Å². The fraction of sp³-hybridized carbons (Fsp3) is 0.158. The van der Waals surface area contributed by atoms with Crippen LogP contribution < -0.4 is 14.8 Å². The van der Waals surface area contributed by atoms with E-state index >= 15 is 0 Å². The lowest BCUT2D eigenvalue weighted by molar-refractivity contribution is -0.112. The maximum atomic E-state index is 13.7. The van der Waals surface area contributed by atoms with E-state index in [1.54, 1.807) is 25.1 Å². The maximum Gasteiger partial charge on any atom is 0.266 e. The van der Waals surface area contributed by atoms with E-state index < -0.39 is 11.7 Å². The van der Waals surface area contributed by atoms with Gasteiger partial charge in [0.1, 0.15) is 17.5 Å². The summed E-state index contributed by atoms with van der Waals surface area (Å²) >= 11 is 6.16. The number of hydrogen-bond donors (Lipinski definition) is 1. The Balaban J connectivity index is 2.35. The van der Waals surface area contributed by atoms with Crippen LogP contribution >= 0.6 is 11.6 Å². The minimum absolute atomic E-state index is 0.0126. The lowest BCUT2D eigenvalue weighted by Crippen LogP contribution is -2.14. The second-order valence-electron chi connectivity index (χ2n) is 5.07. The zero-order valence-corrected chi connectivity index (χ0v) is 14.9. The topological polar surface area (TPSA) is 71.3 Å². The van der Waals surface area contributed by atoms with Crippen molar-refractivity contribution in [3.05, 3.63) is 58.4 Å². The van der Waals surface area contributed by atoms with Crippen molar-refractivity contribution in [3.8, 4) is 17.6 Å². The molecule has 2 aromatic rings. The van der Waals surface area contributed by atoms with E-state index in [0.717, 1.165) is 0 Å². The third-order valence-corrected chi connectivity index (χ3v) is 3.61. The Morgan fingerprint density at radius 3 is 2.73 bits per heavy atom. The van der Waals surface area contributed by atoms with Crippen molar-refractivity contribution < 1.29 is 18.7 Å². The van der Waals surface area contributed by atoms with Crippen molar-refractivity contribution in [2.45, 2.75) is 6.92 Å². The van der Waals surface area contributed by atoms with E-state index in [1.165, 1.54) is 37.5 Å². The quantitative estimate of drug-likeness (QED) is 0.599. The number of para-hydroxylation sites is 1. The molecular formula is C19H16ClFN2O3. The van der Waals surface area contributed by atoms with Gasteiger partial charge in [0.2, 0.25) is 0 Å². The number of methoxy groups -OCH3 is 1. The molecule has 2 aromatic carbocycles. The third kappa shape index (κ3) is 4.52. The van der Waals surface area contributed by atoms with Crippen molar-refractivity contribution in [1.29, 1.82) is 5.26 Å². The second kappa shape index (κ2) is 8.88. The van der Waals surface area contributed by atoms with Crippen molar-refractivity contribution in [1.82, 2.24) is 0 Å². The van der Waals surface area contributed by atoms with Crippen LogP contribution in [0.3, 0.4) is 0 Å². The predicted molar refractivity (Wildman–Crippen MR) is 97.8 cm³/mol. The van der Waals surface area contributed by atoms with Gasteiger partial charge in [0.05, 0.1) is 24.4 Å².